The van der Waals surface area contributed by atoms with Crippen LogP contribution in [0.3, 0.4) is 0 Å². The number of aromatic nitrogens is 7. The Labute approximate surface area is 184 Å². The minimum atomic E-state index is -0.265. The van der Waals surface area contributed by atoms with Gasteiger partial charge in [-0.2, -0.15) is 10.1 Å². The fourth-order valence-electron chi connectivity index (χ4n) is 2.80. The van der Waals surface area contributed by atoms with E-state index in [1.54, 1.807) is 47.6 Å². The van der Waals surface area contributed by atoms with Gasteiger partial charge in [-0.3, -0.25) is 14.5 Å². The van der Waals surface area contributed by atoms with E-state index in [1.165, 1.54) is 0 Å². The molecule has 1 amide bonds. The van der Waals surface area contributed by atoms with Crippen molar-refractivity contribution in [3.8, 4) is 34.1 Å². The van der Waals surface area contributed by atoms with Crippen molar-refractivity contribution in [1.29, 1.82) is 0 Å². The smallest absolute Gasteiger partial charge is 0.261 e. The molecule has 0 atom stereocenters. The van der Waals surface area contributed by atoms with Gasteiger partial charge in [-0.05, 0) is 32.9 Å². The molecule has 0 radical (unpaired) electrons. The first-order valence-corrected chi connectivity index (χ1v) is 9.88. The summed E-state index contributed by atoms with van der Waals surface area (Å²) in [7, 11) is 1.77. The lowest BCUT2D eigenvalue weighted by atomic mass is 10.1. The molecule has 4 aromatic rings. The predicted octanol–water partition coefficient (Wildman–Crippen LogP) is 2.29. The Kier molecular flexibility index (Phi) is 5.39. The quantitative estimate of drug-likeness (QED) is 0.501. The number of pyridine rings is 1. The number of carbonyl (C=O) groups is 1. The Hall–Kier alpha value is -4.15. The second-order valence-electron chi connectivity index (χ2n) is 8.24. The van der Waals surface area contributed by atoms with Crippen LogP contribution < -0.4 is 5.73 Å². The minimum Gasteiger partial charge on any atom is -0.368 e. The third-order valence-electron chi connectivity index (χ3n) is 4.97. The van der Waals surface area contributed by atoms with E-state index in [-0.39, 0.29) is 23.9 Å². The number of rotatable bonds is 5. The maximum absolute atomic E-state index is 12.4. The molecule has 0 spiro atoms. The fourth-order valence-corrected chi connectivity index (χ4v) is 2.80. The monoisotopic (exact) mass is 433 g/mol. The first-order chi connectivity index (χ1) is 15.2. The number of carbonyl (C=O) groups excluding carboxylic acids is 1. The van der Waals surface area contributed by atoms with Gasteiger partial charge in [0.2, 0.25) is 17.7 Å². The van der Waals surface area contributed by atoms with Gasteiger partial charge in [0, 0.05) is 48.5 Å². The van der Waals surface area contributed by atoms with Gasteiger partial charge in [-0.25, -0.2) is 9.97 Å². The average Bonchev–Trinajstić information content (AvgIpc) is 3.43. The highest BCUT2D eigenvalue weighted by Gasteiger charge is 2.23. The van der Waals surface area contributed by atoms with E-state index in [9.17, 15) is 4.79 Å². The molecule has 0 aromatic carbocycles. The molecule has 0 saturated carbocycles. The summed E-state index contributed by atoms with van der Waals surface area (Å²) in [6.45, 7) is 6.05. The van der Waals surface area contributed by atoms with Crippen molar-refractivity contribution in [3.05, 3.63) is 43.1 Å². The molecule has 0 unspecified atom stereocenters. The second kappa shape index (κ2) is 8.17. The topological polar surface area (TPSA) is 142 Å². The average molecular weight is 433 g/mol. The van der Waals surface area contributed by atoms with Crippen molar-refractivity contribution in [3.63, 3.8) is 0 Å². The number of amides is 1. The van der Waals surface area contributed by atoms with Crippen LogP contribution in [0.4, 0.5) is 5.95 Å². The molecule has 164 valence electrons. The number of nitrogens with zero attached hydrogens (tertiary/aromatic N) is 8. The number of anilines is 1. The maximum Gasteiger partial charge on any atom is 0.261 e. The highest BCUT2D eigenvalue weighted by Crippen LogP contribution is 2.23. The van der Waals surface area contributed by atoms with Gasteiger partial charge in [0.25, 0.3) is 5.89 Å². The molecule has 4 heterocycles. The Morgan fingerprint density at radius 2 is 1.78 bits per heavy atom. The normalized spacial score (nSPS) is 11.5. The number of hydrogen-bond acceptors (Lipinski definition) is 9. The lowest BCUT2D eigenvalue weighted by molar-refractivity contribution is -0.134. The van der Waals surface area contributed by atoms with E-state index in [4.69, 9.17) is 10.3 Å². The molecule has 11 heteroatoms. The van der Waals surface area contributed by atoms with Gasteiger partial charge in [-0.1, -0.05) is 5.16 Å². The summed E-state index contributed by atoms with van der Waals surface area (Å²) in [5, 5.41) is 8.27. The zero-order valence-corrected chi connectivity index (χ0v) is 18.2. The zero-order chi connectivity index (χ0) is 22.9. The highest BCUT2D eigenvalue weighted by atomic mass is 16.5. The molecule has 4 rings (SSSR count). The second-order valence-corrected chi connectivity index (χ2v) is 8.24. The largest absolute Gasteiger partial charge is 0.368 e. The van der Waals surface area contributed by atoms with Crippen LogP contribution in [0.25, 0.3) is 34.1 Å². The first kappa shape index (κ1) is 21.1. The van der Waals surface area contributed by atoms with Crippen LogP contribution in [0.2, 0.25) is 0 Å². The summed E-state index contributed by atoms with van der Waals surface area (Å²) >= 11 is 0. The molecule has 4 aromatic heterocycles. The molecule has 0 saturated heterocycles. The summed E-state index contributed by atoms with van der Waals surface area (Å²) in [6.07, 6.45) is 8.15. The van der Waals surface area contributed by atoms with Crippen molar-refractivity contribution in [2.75, 3.05) is 12.8 Å². The Morgan fingerprint density at radius 1 is 1.06 bits per heavy atom. The van der Waals surface area contributed by atoms with E-state index in [0.29, 0.717) is 28.5 Å². The van der Waals surface area contributed by atoms with Crippen molar-refractivity contribution in [2.45, 2.75) is 32.9 Å². The summed E-state index contributed by atoms with van der Waals surface area (Å²) in [4.78, 5) is 30.9. The summed E-state index contributed by atoms with van der Waals surface area (Å²) in [6, 6.07) is 3.65. The Bertz CT molecular complexity index is 1220. The standard InChI is InChI=1S/C21H23N9O2/c1-21(2,3)29(4)17(31)12-30-11-15(10-26-30)19-27-18(28-32-19)13-5-6-16(23-7-13)14-8-24-20(22)25-9-14/h5-11H,12H2,1-4H3,(H2,22,24,25). The van der Waals surface area contributed by atoms with E-state index in [2.05, 4.69) is 30.2 Å². The van der Waals surface area contributed by atoms with Crippen molar-refractivity contribution in [1.82, 2.24) is 39.8 Å². The zero-order valence-electron chi connectivity index (χ0n) is 18.2. The third kappa shape index (κ3) is 4.46. The van der Waals surface area contributed by atoms with E-state index >= 15 is 0 Å². The van der Waals surface area contributed by atoms with Crippen LogP contribution in [0.1, 0.15) is 20.8 Å². The molecular weight excluding hydrogens is 410 g/mol. The summed E-state index contributed by atoms with van der Waals surface area (Å²) in [5.74, 6) is 0.859. The predicted molar refractivity (Wildman–Crippen MR) is 117 cm³/mol. The number of likely N-dealkylation sites (N-methyl/N-ethyl adjacent to an activating group) is 1. The summed E-state index contributed by atoms with van der Waals surface area (Å²) < 4.78 is 6.93. The number of nitrogen functional groups attached to an aromatic ring is 1. The highest BCUT2D eigenvalue weighted by molar-refractivity contribution is 5.76. The molecule has 0 bridgehead atoms. The molecule has 11 nitrogen and oxygen atoms in total. The van der Waals surface area contributed by atoms with Crippen molar-refractivity contribution >= 4 is 11.9 Å². The molecule has 32 heavy (non-hydrogen) atoms. The molecular formula is C21H23N9O2. The SMILES string of the molecule is CN(C(=O)Cn1cc(-c2nc(-c3ccc(-c4cnc(N)nc4)nc3)no2)cn1)C(C)(C)C. The van der Waals surface area contributed by atoms with Crippen LogP contribution in [-0.2, 0) is 11.3 Å². The van der Waals surface area contributed by atoms with E-state index in [1.807, 2.05) is 32.9 Å². The number of hydrogen-bond donors (Lipinski definition) is 1. The van der Waals surface area contributed by atoms with Gasteiger partial charge < -0.3 is 15.2 Å². The van der Waals surface area contributed by atoms with Crippen molar-refractivity contribution in [2.24, 2.45) is 0 Å². The molecule has 0 fully saturated rings. The maximum atomic E-state index is 12.4. The Balaban J connectivity index is 1.47. The Morgan fingerprint density at radius 3 is 2.44 bits per heavy atom. The molecule has 0 aliphatic heterocycles. The van der Waals surface area contributed by atoms with Gasteiger partial charge in [0.1, 0.15) is 6.54 Å². The molecule has 0 aliphatic carbocycles. The third-order valence-corrected chi connectivity index (χ3v) is 4.97. The van der Waals surface area contributed by atoms with Crippen molar-refractivity contribution < 1.29 is 9.32 Å². The van der Waals surface area contributed by atoms with E-state index < -0.39 is 0 Å². The van der Waals surface area contributed by atoms with Crippen LogP contribution in [-0.4, -0.2) is 58.3 Å². The fraction of sp³-hybridized carbons (Fsp3) is 0.286. The minimum absolute atomic E-state index is 0.0453. The lowest BCUT2D eigenvalue weighted by Crippen LogP contribution is -2.44. The van der Waals surface area contributed by atoms with Crippen LogP contribution in [0, 0.1) is 0 Å². The van der Waals surface area contributed by atoms with Crippen LogP contribution >= 0.6 is 0 Å². The molecule has 0 aliphatic rings. The lowest BCUT2D eigenvalue weighted by Gasteiger charge is -2.31. The van der Waals surface area contributed by atoms with E-state index in [0.717, 1.165) is 5.56 Å². The van der Waals surface area contributed by atoms with Gasteiger partial charge >= 0.3 is 0 Å². The molecule has 2 N–H and O–H groups in total. The summed E-state index contributed by atoms with van der Waals surface area (Å²) in [5.41, 5.74) is 8.01. The van der Waals surface area contributed by atoms with Gasteiger partial charge in [0.05, 0.1) is 17.5 Å². The van der Waals surface area contributed by atoms with Gasteiger partial charge in [0.15, 0.2) is 0 Å². The van der Waals surface area contributed by atoms with Gasteiger partial charge in [-0.15, -0.1) is 0 Å². The van der Waals surface area contributed by atoms with Crippen LogP contribution in [0.15, 0.2) is 47.6 Å². The number of nitrogens with two attached hydrogens (primary N) is 1. The van der Waals surface area contributed by atoms with Crippen LogP contribution in [0.5, 0.6) is 0 Å². The first-order valence-electron chi connectivity index (χ1n) is 9.88.